The number of hydrogen-bond acceptors (Lipinski definition) is 3. The summed E-state index contributed by atoms with van der Waals surface area (Å²) in [6.07, 6.45) is -0.426. The first kappa shape index (κ1) is 12.7. The van der Waals surface area contributed by atoms with Gasteiger partial charge in [0.05, 0.1) is 0 Å². The highest BCUT2D eigenvalue weighted by Crippen LogP contribution is 2.06. The number of carbonyl (C=O) groups is 2. The molecule has 0 rings (SSSR count). The van der Waals surface area contributed by atoms with Gasteiger partial charge in [0.2, 0.25) is 5.91 Å². The van der Waals surface area contributed by atoms with E-state index < -0.39 is 17.6 Å². The van der Waals surface area contributed by atoms with Gasteiger partial charge in [0.15, 0.2) is 0 Å². The zero-order valence-corrected chi connectivity index (χ0v) is 9.09. The zero-order chi connectivity index (χ0) is 11.4. The maximum atomic E-state index is 11.2. The number of primary amides is 1. The molecule has 5 heteroatoms. The van der Waals surface area contributed by atoms with Crippen LogP contribution in [-0.2, 0) is 9.53 Å². The van der Waals surface area contributed by atoms with E-state index in [9.17, 15) is 9.59 Å². The second-order valence-corrected chi connectivity index (χ2v) is 4.22. The predicted molar refractivity (Wildman–Crippen MR) is 52.6 cm³/mol. The van der Waals surface area contributed by atoms with Gasteiger partial charge in [0, 0.05) is 12.5 Å². The van der Waals surface area contributed by atoms with Crippen LogP contribution in [0.1, 0.15) is 34.1 Å². The van der Waals surface area contributed by atoms with Gasteiger partial charge < -0.3 is 15.8 Å². The topological polar surface area (TPSA) is 81.4 Å². The van der Waals surface area contributed by atoms with Gasteiger partial charge in [-0.2, -0.15) is 0 Å². The Morgan fingerprint density at radius 1 is 1.43 bits per heavy atom. The molecule has 0 spiro atoms. The third-order valence-corrected chi connectivity index (χ3v) is 1.27. The largest absolute Gasteiger partial charge is 0.444 e. The molecule has 3 N–H and O–H groups in total. The van der Waals surface area contributed by atoms with Gasteiger partial charge in [-0.25, -0.2) is 4.79 Å². The molecule has 0 radical (unpaired) electrons. The van der Waals surface area contributed by atoms with Crippen molar-refractivity contribution in [2.75, 3.05) is 0 Å². The maximum Gasteiger partial charge on any atom is 0.407 e. The summed E-state index contributed by atoms with van der Waals surface area (Å²) < 4.78 is 4.99. The predicted octanol–water partition coefficient (Wildman–Crippen LogP) is 0.775. The number of carbonyl (C=O) groups excluding carboxylic acids is 2. The number of nitrogens with two attached hydrogens (primary N) is 1. The molecule has 2 amide bonds. The van der Waals surface area contributed by atoms with Crippen molar-refractivity contribution in [2.24, 2.45) is 5.73 Å². The van der Waals surface area contributed by atoms with E-state index in [1.165, 1.54) is 0 Å². The molecule has 0 heterocycles. The molecule has 0 aromatic heterocycles. The second kappa shape index (κ2) is 4.83. The van der Waals surface area contributed by atoms with Crippen LogP contribution >= 0.6 is 0 Å². The van der Waals surface area contributed by atoms with E-state index in [0.717, 1.165) is 0 Å². The first-order valence-corrected chi connectivity index (χ1v) is 4.48. The Balaban J connectivity index is 3.89. The minimum atomic E-state index is -0.536. The Kier molecular flexibility index (Phi) is 4.40. The third kappa shape index (κ3) is 7.39. The number of ether oxygens (including phenoxy) is 1. The number of alkyl carbamates (subject to hydrolysis) is 1. The fourth-order valence-corrected chi connectivity index (χ4v) is 0.862. The summed E-state index contributed by atoms with van der Waals surface area (Å²) in [6, 6.07) is -0.303. The van der Waals surface area contributed by atoms with Gasteiger partial charge in [-0.05, 0) is 27.7 Å². The minimum Gasteiger partial charge on any atom is -0.444 e. The van der Waals surface area contributed by atoms with E-state index in [1.807, 2.05) is 0 Å². The highest BCUT2D eigenvalue weighted by molar-refractivity contribution is 5.75. The van der Waals surface area contributed by atoms with E-state index in [2.05, 4.69) is 5.32 Å². The van der Waals surface area contributed by atoms with Crippen LogP contribution in [0.2, 0.25) is 0 Å². The Morgan fingerprint density at radius 2 is 1.93 bits per heavy atom. The van der Waals surface area contributed by atoms with Crippen molar-refractivity contribution >= 4 is 12.0 Å². The summed E-state index contributed by atoms with van der Waals surface area (Å²) in [5, 5.41) is 2.51. The van der Waals surface area contributed by atoms with Gasteiger partial charge in [-0.3, -0.25) is 4.79 Å². The fourth-order valence-electron chi connectivity index (χ4n) is 0.862. The molecule has 14 heavy (non-hydrogen) atoms. The average molecular weight is 202 g/mol. The molecule has 0 unspecified atom stereocenters. The lowest BCUT2D eigenvalue weighted by atomic mass is 10.2. The molecule has 0 fully saturated rings. The van der Waals surface area contributed by atoms with Crippen LogP contribution in [0, 0.1) is 0 Å². The maximum absolute atomic E-state index is 11.2. The van der Waals surface area contributed by atoms with E-state index in [-0.39, 0.29) is 12.5 Å². The molecule has 1 atom stereocenters. The third-order valence-electron chi connectivity index (χ3n) is 1.27. The van der Waals surface area contributed by atoms with Gasteiger partial charge >= 0.3 is 6.09 Å². The molecule has 0 saturated carbocycles. The minimum absolute atomic E-state index is 0.110. The van der Waals surface area contributed by atoms with E-state index >= 15 is 0 Å². The first-order valence-electron chi connectivity index (χ1n) is 4.48. The molecule has 0 bridgehead atoms. The Labute approximate surface area is 84.0 Å². The molecule has 0 aliphatic carbocycles. The lowest BCUT2D eigenvalue weighted by molar-refractivity contribution is -0.118. The molecule has 0 saturated heterocycles. The Bertz CT molecular complexity index is 221. The summed E-state index contributed by atoms with van der Waals surface area (Å²) in [4.78, 5) is 21.7. The van der Waals surface area contributed by atoms with Crippen LogP contribution in [0.4, 0.5) is 4.79 Å². The molecular weight excluding hydrogens is 184 g/mol. The van der Waals surface area contributed by atoms with Crippen molar-refractivity contribution < 1.29 is 14.3 Å². The van der Waals surface area contributed by atoms with E-state index in [1.54, 1.807) is 27.7 Å². The highest BCUT2D eigenvalue weighted by Gasteiger charge is 2.18. The van der Waals surface area contributed by atoms with Crippen LogP contribution in [0.25, 0.3) is 0 Å². The van der Waals surface area contributed by atoms with Crippen molar-refractivity contribution in [1.29, 1.82) is 0 Å². The average Bonchev–Trinajstić information content (AvgIpc) is 1.77. The second-order valence-electron chi connectivity index (χ2n) is 4.22. The summed E-state index contributed by atoms with van der Waals surface area (Å²) in [6.45, 7) is 7.00. The van der Waals surface area contributed by atoms with E-state index in [0.29, 0.717) is 0 Å². The van der Waals surface area contributed by atoms with Crippen molar-refractivity contribution in [2.45, 2.75) is 45.8 Å². The van der Waals surface area contributed by atoms with Crippen LogP contribution in [-0.4, -0.2) is 23.6 Å². The van der Waals surface area contributed by atoms with E-state index in [4.69, 9.17) is 10.5 Å². The standard InChI is InChI=1S/C9H18N2O3/c1-6(5-7(10)12)11-8(13)14-9(2,3)4/h6H,5H2,1-4H3,(H2,10,12)(H,11,13)/t6-/m0/s1. The lowest BCUT2D eigenvalue weighted by Gasteiger charge is -2.21. The smallest absolute Gasteiger partial charge is 0.407 e. The zero-order valence-electron chi connectivity index (χ0n) is 9.09. The molecule has 0 aliphatic rings. The number of hydrogen-bond donors (Lipinski definition) is 2. The van der Waals surface area contributed by atoms with Gasteiger partial charge in [0.25, 0.3) is 0 Å². The highest BCUT2D eigenvalue weighted by atomic mass is 16.6. The van der Waals surface area contributed by atoms with Gasteiger partial charge in [-0.1, -0.05) is 0 Å². The molecule has 82 valence electrons. The Morgan fingerprint density at radius 3 is 2.29 bits per heavy atom. The number of nitrogens with one attached hydrogen (secondary N) is 1. The summed E-state index contributed by atoms with van der Waals surface area (Å²) in [5.41, 5.74) is 4.43. The lowest BCUT2D eigenvalue weighted by Crippen LogP contribution is -2.39. The van der Waals surface area contributed by atoms with Crippen LogP contribution in [0.3, 0.4) is 0 Å². The normalized spacial score (nSPS) is 13.1. The summed E-state index contributed by atoms with van der Waals surface area (Å²) >= 11 is 0. The monoisotopic (exact) mass is 202 g/mol. The summed E-state index contributed by atoms with van der Waals surface area (Å²) in [7, 11) is 0. The fraction of sp³-hybridized carbons (Fsp3) is 0.778. The molecular formula is C9H18N2O3. The Hall–Kier alpha value is -1.26. The molecule has 5 nitrogen and oxygen atoms in total. The first-order chi connectivity index (χ1) is 6.20. The SMILES string of the molecule is C[C@@H](CC(N)=O)NC(=O)OC(C)(C)C. The number of rotatable bonds is 3. The quantitative estimate of drug-likeness (QED) is 0.709. The molecule has 0 aromatic rings. The van der Waals surface area contributed by atoms with Crippen LogP contribution in [0.15, 0.2) is 0 Å². The molecule has 0 aromatic carbocycles. The van der Waals surface area contributed by atoms with Crippen molar-refractivity contribution in [3.63, 3.8) is 0 Å². The van der Waals surface area contributed by atoms with Crippen molar-refractivity contribution in [3.8, 4) is 0 Å². The summed E-state index contributed by atoms with van der Waals surface area (Å²) in [5.74, 6) is -0.450. The van der Waals surface area contributed by atoms with Crippen molar-refractivity contribution in [1.82, 2.24) is 5.32 Å². The van der Waals surface area contributed by atoms with Crippen molar-refractivity contribution in [3.05, 3.63) is 0 Å². The number of amides is 2. The van der Waals surface area contributed by atoms with Crippen LogP contribution < -0.4 is 11.1 Å². The molecule has 0 aliphatic heterocycles. The van der Waals surface area contributed by atoms with Gasteiger partial charge in [-0.15, -0.1) is 0 Å². The van der Waals surface area contributed by atoms with Crippen LogP contribution in [0.5, 0.6) is 0 Å². The van der Waals surface area contributed by atoms with Gasteiger partial charge in [0.1, 0.15) is 5.60 Å².